The summed E-state index contributed by atoms with van der Waals surface area (Å²) in [4.78, 5) is 12.3. The molecule has 0 radical (unpaired) electrons. The summed E-state index contributed by atoms with van der Waals surface area (Å²) in [6, 6.07) is 17.5. The molecule has 3 aromatic carbocycles. The number of rotatable bonds is 10. The van der Waals surface area contributed by atoms with Gasteiger partial charge in [0.05, 0.1) is 35.9 Å². The smallest absolute Gasteiger partial charge is 0.261 e. The number of ether oxygens (including phenoxy) is 3. The van der Waals surface area contributed by atoms with Gasteiger partial charge in [0, 0.05) is 0 Å². The third-order valence-electron chi connectivity index (χ3n) is 4.90. The molecule has 0 saturated heterocycles. The number of carbonyl (C=O) groups excluding carboxylic acids is 1. The van der Waals surface area contributed by atoms with Crippen LogP contribution in [0, 0.1) is 0 Å². The Kier molecular flexibility index (Phi) is 8.25. The summed E-state index contributed by atoms with van der Waals surface area (Å²) in [5.74, 6) is 1.23. The number of carbonyl (C=O) groups is 1. The Labute approximate surface area is 203 Å². The standard InChI is InChI=1S/C24H25ClN2O6S/c1-16(17-4-7-19(31-2)8-5-17)26-24(28)15-33-20-9-11-21(12-10-20)34(29,30)27-18-6-13-23(32-3)22(25)14-18/h4-14,16,27H,15H2,1-3H3,(H,26,28)/t16-/m0/s1. The average molecular weight is 505 g/mol. The molecular weight excluding hydrogens is 480 g/mol. The number of hydrogen-bond donors (Lipinski definition) is 2. The van der Waals surface area contributed by atoms with Crippen molar-refractivity contribution in [2.24, 2.45) is 0 Å². The molecule has 180 valence electrons. The lowest BCUT2D eigenvalue weighted by atomic mass is 10.1. The first-order chi connectivity index (χ1) is 16.2. The first kappa shape index (κ1) is 25.2. The highest BCUT2D eigenvalue weighted by molar-refractivity contribution is 7.92. The zero-order chi connectivity index (χ0) is 24.7. The molecule has 1 atom stereocenters. The Morgan fingerprint density at radius 2 is 1.59 bits per heavy atom. The van der Waals surface area contributed by atoms with Gasteiger partial charge >= 0.3 is 0 Å². The van der Waals surface area contributed by atoms with Crippen molar-refractivity contribution in [3.8, 4) is 17.2 Å². The van der Waals surface area contributed by atoms with E-state index in [4.69, 9.17) is 25.8 Å². The topological polar surface area (TPSA) is 103 Å². The van der Waals surface area contributed by atoms with Crippen LogP contribution in [0.15, 0.2) is 71.6 Å². The lowest BCUT2D eigenvalue weighted by Gasteiger charge is -2.15. The van der Waals surface area contributed by atoms with Gasteiger partial charge in [-0.3, -0.25) is 9.52 Å². The number of nitrogens with one attached hydrogen (secondary N) is 2. The molecule has 3 rings (SSSR count). The fraction of sp³-hybridized carbons (Fsp3) is 0.208. The molecule has 0 aliphatic rings. The fourth-order valence-corrected chi connectivity index (χ4v) is 4.37. The number of benzene rings is 3. The van der Waals surface area contributed by atoms with E-state index in [1.54, 1.807) is 19.2 Å². The van der Waals surface area contributed by atoms with Crippen molar-refractivity contribution >= 4 is 33.2 Å². The second-order valence-corrected chi connectivity index (χ2v) is 9.37. The van der Waals surface area contributed by atoms with Gasteiger partial charge in [0.25, 0.3) is 15.9 Å². The van der Waals surface area contributed by atoms with Crippen LogP contribution in [0.2, 0.25) is 5.02 Å². The highest BCUT2D eigenvalue weighted by atomic mass is 35.5. The van der Waals surface area contributed by atoms with Crippen LogP contribution >= 0.6 is 11.6 Å². The molecule has 0 aliphatic heterocycles. The van der Waals surface area contributed by atoms with Gasteiger partial charge < -0.3 is 19.5 Å². The number of halogens is 1. The van der Waals surface area contributed by atoms with E-state index in [9.17, 15) is 13.2 Å². The summed E-state index contributed by atoms with van der Waals surface area (Å²) in [7, 11) is -0.780. The van der Waals surface area contributed by atoms with E-state index >= 15 is 0 Å². The predicted octanol–water partition coefficient (Wildman–Crippen LogP) is 4.41. The number of methoxy groups -OCH3 is 2. The lowest BCUT2D eigenvalue weighted by Crippen LogP contribution is -2.31. The maximum Gasteiger partial charge on any atom is 0.261 e. The normalized spacial score (nSPS) is 11.9. The molecule has 3 aromatic rings. The van der Waals surface area contributed by atoms with E-state index in [0.717, 1.165) is 11.3 Å². The number of hydrogen-bond acceptors (Lipinski definition) is 6. The minimum Gasteiger partial charge on any atom is -0.497 e. The van der Waals surface area contributed by atoms with Crippen molar-refractivity contribution in [3.05, 3.63) is 77.3 Å². The van der Waals surface area contributed by atoms with Crippen molar-refractivity contribution in [1.82, 2.24) is 5.32 Å². The minimum atomic E-state index is -3.84. The Hall–Kier alpha value is -3.43. The maximum atomic E-state index is 12.6. The molecule has 0 saturated carbocycles. The summed E-state index contributed by atoms with van der Waals surface area (Å²) in [6.45, 7) is 1.65. The van der Waals surface area contributed by atoms with Crippen LogP contribution in [0.4, 0.5) is 5.69 Å². The fourth-order valence-electron chi connectivity index (χ4n) is 3.07. The van der Waals surface area contributed by atoms with Crippen molar-refractivity contribution < 1.29 is 27.4 Å². The molecule has 10 heteroatoms. The zero-order valence-electron chi connectivity index (χ0n) is 18.9. The van der Waals surface area contributed by atoms with Gasteiger partial charge in [-0.25, -0.2) is 8.42 Å². The van der Waals surface area contributed by atoms with Crippen molar-refractivity contribution in [3.63, 3.8) is 0 Å². The van der Waals surface area contributed by atoms with Crippen LogP contribution < -0.4 is 24.2 Å². The molecule has 0 aromatic heterocycles. The second-order valence-electron chi connectivity index (χ2n) is 7.28. The molecule has 0 aliphatic carbocycles. The van der Waals surface area contributed by atoms with E-state index in [1.807, 2.05) is 31.2 Å². The van der Waals surface area contributed by atoms with E-state index in [2.05, 4.69) is 10.0 Å². The second kappa shape index (κ2) is 11.1. The van der Waals surface area contributed by atoms with Gasteiger partial charge in [-0.15, -0.1) is 0 Å². The molecule has 34 heavy (non-hydrogen) atoms. The summed E-state index contributed by atoms with van der Waals surface area (Å²) >= 11 is 6.05. The predicted molar refractivity (Wildman–Crippen MR) is 130 cm³/mol. The van der Waals surface area contributed by atoms with Crippen LogP contribution in [0.25, 0.3) is 0 Å². The number of amides is 1. The van der Waals surface area contributed by atoms with E-state index in [-0.39, 0.29) is 28.5 Å². The maximum absolute atomic E-state index is 12.6. The molecule has 1 amide bonds. The summed E-state index contributed by atoms with van der Waals surface area (Å²) in [5, 5.41) is 3.13. The van der Waals surface area contributed by atoms with E-state index in [0.29, 0.717) is 17.2 Å². The van der Waals surface area contributed by atoms with Gasteiger partial charge in [0.15, 0.2) is 6.61 Å². The highest BCUT2D eigenvalue weighted by Gasteiger charge is 2.16. The molecule has 0 fully saturated rings. The highest BCUT2D eigenvalue weighted by Crippen LogP contribution is 2.28. The average Bonchev–Trinajstić information content (AvgIpc) is 2.83. The van der Waals surface area contributed by atoms with Crippen molar-refractivity contribution in [2.45, 2.75) is 17.9 Å². The monoisotopic (exact) mass is 504 g/mol. The van der Waals surface area contributed by atoms with Crippen LogP contribution in [0.1, 0.15) is 18.5 Å². The molecule has 0 spiro atoms. The molecule has 0 unspecified atom stereocenters. The first-order valence-corrected chi connectivity index (χ1v) is 12.1. The van der Waals surface area contributed by atoms with E-state index < -0.39 is 10.0 Å². The van der Waals surface area contributed by atoms with Gasteiger partial charge in [0.1, 0.15) is 17.2 Å². The molecule has 0 bridgehead atoms. The summed E-state index contributed by atoms with van der Waals surface area (Å²) in [5.41, 5.74) is 1.23. The van der Waals surface area contributed by atoms with Gasteiger partial charge in [0.2, 0.25) is 0 Å². The van der Waals surface area contributed by atoms with E-state index in [1.165, 1.54) is 37.4 Å². The quantitative estimate of drug-likeness (QED) is 0.424. The summed E-state index contributed by atoms with van der Waals surface area (Å²) in [6.07, 6.45) is 0. The third-order valence-corrected chi connectivity index (χ3v) is 6.59. The Balaban J connectivity index is 1.55. The van der Waals surface area contributed by atoms with Gasteiger partial charge in [-0.2, -0.15) is 0 Å². The molecular formula is C24H25ClN2O6S. The van der Waals surface area contributed by atoms with Crippen LogP contribution in [-0.4, -0.2) is 35.2 Å². The number of anilines is 1. The minimum absolute atomic E-state index is 0.0318. The Morgan fingerprint density at radius 3 is 2.18 bits per heavy atom. The lowest BCUT2D eigenvalue weighted by molar-refractivity contribution is -0.123. The summed E-state index contributed by atoms with van der Waals surface area (Å²) < 4.78 is 43.4. The largest absolute Gasteiger partial charge is 0.497 e. The zero-order valence-corrected chi connectivity index (χ0v) is 20.4. The van der Waals surface area contributed by atoms with Gasteiger partial charge in [-0.05, 0) is 67.1 Å². The molecule has 2 N–H and O–H groups in total. The Bertz CT molecular complexity index is 1230. The van der Waals surface area contributed by atoms with Crippen LogP contribution in [0.3, 0.4) is 0 Å². The first-order valence-electron chi connectivity index (χ1n) is 10.2. The Morgan fingerprint density at radius 1 is 0.941 bits per heavy atom. The SMILES string of the molecule is COc1ccc([C@H](C)NC(=O)COc2ccc(S(=O)(=O)Nc3ccc(OC)c(Cl)c3)cc2)cc1. The van der Waals surface area contributed by atoms with Crippen LogP contribution in [-0.2, 0) is 14.8 Å². The van der Waals surface area contributed by atoms with Crippen LogP contribution in [0.5, 0.6) is 17.2 Å². The third kappa shape index (κ3) is 6.55. The van der Waals surface area contributed by atoms with Gasteiger partial charge in [-0.1, -0.05) is 23.7 Å². The molecule has 0 heterocycles. The van der Waals surface area contributed by atoms with Crippen molar-refractivity contribution in [2.75, 3.05) is 25.5 Å². The van der Waals surface area contributed by atoms with Crippen molar-refractivity contribution in [1.29, 1.82) is 0 Å². The number of sulfonamides is 1. The molecule has 8 nitrogen and oxygen atoms in total.